The third kappa shape index (κ3) is 2.48. The molecule has 0 amide bonds. The Bertz CT molecular complexity index is 233. The molecule has 2 saturated carbocycles. The summed E-state index contributed by atoms with van der Waals surface area (Å²) in [5, 5.41) is 12.2. The molecular formula is C12H20N2. The fourth-order valence-electron chi connectivity index (χ4n) is 2.16. The molecule has 2 aliphatic carbocycles. The molecule has 78 valence electrons. The van der Waals surface area contributed by atoms with Gasteiger partial charge in [-0.1, -0.05) is 6.92 Å². The van der Waals surface area contributed by atoms with E-state index in [1.807, 2.05) is 0 Å². The zero-order valence-corrected chi connectivity index (χ0v) is 9.05. The highest BCUT2D eigenvalue weighted by atomic mass is 14.9. The summed E-state index contributed by atoms with van der Waals surface area (Å²) in [6, 6.07) is 2.30. The van der Waals surface area contributed by atoms with Crippen molar-refractivity contribution in [3.8, 4) is 6.07 Å². The zero-order valence-electron chi connectivity index (χ0n) is 9.05. The van der Waals surface area contributed by atoms with Gasteiger partial charge in [0.1, 0.15) is 0 Å². The second-order valence-electron chi connectivity index (χ2n) is 5.28. The smallest absolute Gasteiger partial charge is 0.0628 e. The van der Waals surface area contributed by atoms with E-state index in [0.717, 1.165) is 31.3 Å². The van der Waals surface area contributed by atoms with Crippen LogP contribution >= 0.6 is 0 Å². The average Bonchev–Trinajstić information content (AvgIpc) is 2.99. The van der Waals surface area contributed by atoms with Crippen molar-refractivity contribution in [2.45, 2.75) is 39.0 Å². The van der Waals surface area contributed by atoms with Gasteiger partial charge in [0, 0.05) is 13.0 Å². The van der Waals surface area contributed by atoms with Crippen LogP contribution in [0.25, 0.3) is 0 Å². The molecule has 0 heterocycles. The van der Waals surface area contributed by atoms with E-state index in [1.165, 1.54) is 25.7 Å². The van der Waals surface area contributed by atoms with Crippen LogP contribution in [0.2, 0.25) is 0 Å². The van der Waals surface area contributed by atoms with Gasteiger partial charge in [-0.15, -0.1) is 0 Å². The number of nitriles is 1. The lowest BCUT2D eigenvalue weighted by molar-refractivity contribution is 0.407. The van der Waals surface area contributed by atoms with Crippen molar-refractivity contribution in [1.82, 2.24) is 5.32 Å². The second kappa shape index (κ2) is 3.90. The molecule has 2 heteroatoms. The van der Waals surface area contributed by atoms with Gasteiger partial charge in [0.2, 0.25) is 0 Å². The van der Waals surface area contributed by atoms with E-state index >= 15 is 0 Å². The first-order valence-electron chi connectivity index (χ1n) is 5.83. The summed E-state index contributed by atoms with van der Waals surface area (Å²) in [5.74, 6) is 1.83. The minimum atomic E-state index is 0.373. The lowest BCUT2D eigenvalue weighted by Crippen LogP contribution is -2.28. The summed E-state index contributed by atoms with van der Waals surface area (Å²) in [6.07, 6.45) is 6.13. The van der Waals surface area contributed by atoms with E-state index in [9.17, 15) is 0 Å². The molecule has 2 rings (SSSR count). The van der Waals surface area contributed by atoms with Crippen LogP contribution in [-0.4, -0.2) is 13.1 Å². The van der Waals surface area contributed by atoms with Crippen LogP contribution in [-0.2, 0) is 0 Å². The molecule has 0 saturated heterocycles. The summed E-state index contributed by atoms with van der Waals surface area (Å²) in [5.41, 5.74) is 0.373. The maximum atomic E-state index is 8.67. The Balaban J connectivity index is 1.60. The fourth-order valence-corrected chi connectivity index (χ4v) is 2.16. The molecule has 1 atom stereocenters. The molecule has 0 aromatic carbocycles. The average molecular weight is 192 g/mol. The molecule has 0 bridgehead atoms. The van der Waals surface area contributed by atoms with Gasteiger partial charge in [-0.05, 0) is 49.5 Å². The molecule has 0 aromatic rings. The topological polar surface area (TPSA) is 35.8 Å². The summed E-state index contributed by atoms with van der Waals surface area (Å²) in [4.78, 5) is 0. The Morgan fingerprint density at radius 2 is 2.21 bits per heavy atom. The second-order valence-corrected chi connectivity index (χ2v) is 5.28. The Hall–Kier alpha value is -0.550. The monoisotopic (exact) mass is 192 g/mol. The number of nitrogens with one attached hydrogen (secondary N) is 1. The highest BCUT2D eigenvalue weighted by Gasteiger charge is 2.42. The van der Waals surface area contributed by atoms with Gasteiger partial charge in [0.05, 0.1) is 6.07 Å². The fraction of sp³-hybridized carbons (Fsp3) is 0.917. The SMILES string of the molecule is CC(CNCC1(CC#N)CC1)C1CC1. The van der Waals surface area contributed by atoms with Crippen molar-refractivity contribution in [3.63, 3.8) is 0 Å². The van der Waals surface area contributed by atoms with Gasteiger partial charge in [0.15, 0.2) is 0 Å². The molecule has 2 nitrogen and oxygen atoms in total. The largest absolute Gasteiger partial charge is 0.316 e. The van der Waals surface area contributed by atoms with Crippen LogP contribution in [0.1, 0.15) is 39.0 Å². The summed E-state index contributed by atoms with van der Waals surface area (Å²) in [7, 11) is 0. The van der Waals surface area contributed by atoms with E-state index in [2.05, 4.69) is 18.3 Å². The Labute approximate surface area is 86.7 Å². The molecule has 14 heavy (non-hydrogen) atoms. The third-order valence-electron chi connectivity index (χ3n) is 3.80. The molecule has 1 unspecified atom stereocenters. The van der Waals surface area contributed by atoms with Crippen molar-refractivity contribution in [2.75, 3.05) is 13.1 Å². The van der Waals surface area contributed by atoms with Crippen molar-refractivity contribution < 1.29 is 0 Å². The summed E-state index contributed by atoms with van der Waals surface area (Å²) in [6.45, 7) is 4.56. The molecule has 2 fully saturated rings. The summed E-state index contributed by atoms with van der Waals surface area (Å²) >= 11 is 0. The normalized spacial score (nSPS) is 25.4. The summed E-state index contributed by atoms with van der Waals surface area (Å²) < 4.78 is 0. The Kier molecular flexibility index (Phi) is 2.78. The van der Waals surface area contributed by atoms with Crippen LogP contribution in [0.15, 0.2) is 0 Å². The van der Waals surface area contributed by atoms with Gasteiger partial charge in [-0.3, -0.25) is 0 Å². The molecule has 0 aromatic heterocycles. The number of hydrogen-bond donors (Lipinski definition) is 1. The van der Waals surface area contributed by atoms with Crippen LogP contribution in [0.3, 0.4) is 0 Å². The number of hydrogen-bond acceptors (Lipinski definition) is 2. The molecule has 0 radical (unpaired) electrons. The van der Waals surface area contributed by atoms with E-state index in [-0.39, 0.29) is 0 Å². The predicted molar refractivity (Wildman–Crippen MR) is 56.7 cm³/mol. The minimum Gasteiger partial charge on any atom is -0.316 e. The zero-order chi connectivity index (χ0) is 10.0. The lowest BCUT2D eigenvalue weighted by atomic mass is 10.0. The van der Waals surface area contributed by atoms with Crippen LogP contribution < -0.4 is 5.32 Å². The van der Waals surface area contributed by atoms with Crippen LogP contribution in [0.4, 0.5) is 0 Å². The van der Waals surface area contributed by atoms with E-state index < -0.39 is 0 Å². The van der Waals surface area contributed by atoms with Gasteiger partial charge in [-0.25, -0.2) is 0 Å². The highest BCUT2D eigenvalue weighted by Crippen LogP contribution is 2.48. The van der Waals surface area contributed by atoms with Crippen molar-refractivity contribution in [2.24, 2.45) is 17.3 Å². The Morgan fingerprint density at radius 3 is 2.71 bits per heavy atom. The van der Waals surface area contributed by atoms with Crippen molar-refractivity contribution in [3.05, 3.63) is 0 Å². The van der Waals surface area contributed by atoms with Gasteiger partial charge in [0.25, 0.3) is 0 Å². The lowest BCUT2D eigenvalue weighted by Gasteiger charge is -2.15. The highest BCUT2D eigenvalue weighted by molar-refractivity contribution is 5.00. The predicted octanol–water partition coefficient (Wildman–Crippen LogP) is 2.32. The van der Waals surface area contributed by atoms with Crippen molar-refractivity contribution >= 4 is 0 Å². The van der Waals surface area contributed by atoms with Crippen molar-refractivity contribution in [1.29, 1.82) is 5.26 Å². The van der Waals surface area contributed by atoms with E-state index in [1.54, 1.807) is 0 Å². The molecule has 0 spiro atoms. The number of nitrogens with zero attached hydrogens (tertiary/aromatic N) is 1. The third-order valence-corrected chi connectivity index (χ3v) is 3.80. The van der Waals surface area contributed by atoms with E-state index in [0.29, 0.717) is 5.41 Å². The molecular weight excluding hydrogens is 172 g/mol. The maximum absolute atomic E-state index is 8.67. The molecule has 1 N–H and O–H groups in total. The quantitative estimate of drug-likeness (QED) is 0.701. The first kappa shape index (κ1) is 9.98. The Morgan fingerprint density at radius 1 is 1.50 bits per heavy atom. The number of rotatable bonds is 6. The molecule has 2 aliphatic rings. The first-order chi connectivity index (χ1) is 6.76. The molecule has 0 aliphatic heterocycles. The van der Waals surface area contributed by atoms with Crippen LogP contribution in [0, 0.1) is 28.6 Å². The van der Waals surface area contributed by atoms with Gasteiger partial charge in [-0.2, -0.15) is 5.26 Å². The minimum absolute atomic E-state index is 0.373. The van der Waals surface area contributed by atoms with Gasteiger partial charge < -0.3 is 5.32 Å². The van der Waals surface area contributed by atoms with E-state index in [4.69, 9.17) is 5.26 Å². The first-order valence-corrected chi connectivity index (χ1v) is 5.83. The van der Waals surface area contributed by atoms with Crippen LogP contribution in [0.5, 0.6) is 0 Å². The standard InChI is InChI=1S/C12H20N2/c1-10(11-2-3-11)8-14-9-12(4-5-12)6-7-13/h10-11,14H,2-6,8-9H2,1H3. The van der Waals surface area contributed by atoms with Gasteiger partial charge >= 0.3 is 0 Å². The maximum Gasteiger partial charge on any atom is 0.0628 e.